The Balaban J connectivity index is 1.34. The third kappa shape index (κ3) is 4.75. The molecule has 0 unspecified atom stereocenters. The molecule has 6 nitrogen and oxygen atoms in total. The van der Waals surface area contributed by atoms with Crippen molar-refractivity contribution in [2.75, 3.05) is 40.1 Å². The van der Waals surface area contributed by atoms with Gasteiger partial charge in [-0.25, -0.2) is 0 Å². The van der Waals surface area contributed by atoms with Crippen molar-refractivity contribution >= 4 is 34.6 Å². The minimum Gasteiger partial charge on any atom is -0.374 e. The summed E-state index contributed by atoms with van der Waals surface area (Å²) in [7, 11) is 0. The standard InChI is InChI=1S/C24H30N4O2/c1-18(25-20-7-5-8-22(17-20)28-16-6-9-23(28)29)24(30)26-19-10-12-21(13-11-19)27-14-3-2-4-15-27/h5,7-8,10-13,17-18,25H,2-4,6,9,14-16H2,1H3,(H,26,30)/t18-/m1/s1. The fraction of sp³-hybridized carbons (Fsp3) is 0.417. The minimum atomic E-state index is -0.406. The zero-order valence-electron chi connectivity index (χ0n) is 17.6. The highest BCUT2D eigenvalue weighted by atomic mass is 16.2. The summed E-state index contributed by atoms with van der Waals surface area (Å²) >= 11 is 0. The van der Waals surface area contributed by atoms with Crippen molar-refractivity contribution in [3.63, 3.8) is 0 Å². The fourth-order valence-corrected chi connectivity index (χ4v) is 4.16. The van der Waals surface area contributed by atoms with Crippen LogP contribution in [0.15, 0.2) is 48.5 Å². The Morgan fingerprint density at radius 1 is 0.900 bits per heavy atom. The number of carbonyl (C=O) groups excluding carboxylic acids is 2. The zero-order valence-corrected chi connectivity index (χ0v) is 17.6. The normalized spacial score (nSPS) is 17.7. The van der Waals surface area contributed by atoms with E-state index in [1.54, 1.807) is 4.90 Å². The maximum absolute atomic E-state index is 12.6. The third-order valence-electron chi connectivity index (χ3n) is 5.86. The number of hydrogen-bond donors (Lipinski definition) is 2. The maximum atomic E-state index is 12.6. The smallest absolute Gasteiger partial charge is 0.246 e. The molecular formula is C24H30N4O2. The molecule has 2 heterocycles. The summed E-state index contributed by atoms with van der Waals surface area (Å²) < 4.78 is 0. The molecule has 30 heavy (non-hydrogen) atoms. The molecule has 6 heteroatoms. The van der Waals surface area contributed by atoms with Gasteiger partial charge >= 0.3 is 0 Å². The van der Waals surface area contributed by atoms with E-state index in [-0.39, 0.29) is 11.8 Å². The van der Waals surface area contributed by atoms with Gasteiger partial charge < -0.3 is 20.4 Å². The van der Waals surface area contributed by atoms with E-state index in [0.717, 1.165) is 43.1 Å². The molecule has 0 bridgehead atoms. The molecule has 2 fully saturated rings. The van der Waals surface area contributed by atoms with Crippen molar-refractivity contribution in [2.24, 2.45) is 0 Å². The van der Waals surface area contributed by atoms with Crippen LogP contribution in [0.1, 0.15) is 39.0 Å². The lowest BCUT2D eigenvalue weighted by Gasteiger charge is -2.28. The molecule has 0 aromatic heterocycles. The molecule has 4 rings (SSSR count). The fourth-order valence-electron chi connectivity index (χ4n) is 4.16. The summed E-state index contributed by atoms with van der Waals surface area (Å²) in [5, 5.41) is 6.23. The molecule has 1 atom stereocenters. The summed E-state index contributed by atoms with van der Waals surface area (Å²) in [6.45, 7) is 4.81. The summed E-state index contributed by atoms with van der Waals surface area (Å²) in [5.41, 5.74) is 3.72. The first-order chi connectivity index (χ1) is 14.6. The Kier molecular flexibility index (Phi) is 6.21. The summed E-state index contributed by atoms with van der Waals surface area (Å²) in [4.78, 5) is 28.8. The van der Waals surface area contributed by atoms with Crippen molar-refractivity contribution in [1.82, 2.24) is 0 Å². The van der Waals surface area contributed by atoms with Gasteiger partial charge in [0.2, 0.25) is 11.8 Å². The number of nitrogens with one attached hydrogen (secondary N) is 2. The van der Waals surface area contributed by atoms with Crippen molar-refractivity contribution in [1.29, 1.82) is 0 Å². The van der Waals surface area contributed by atoms with E-state index in [1.165, 1.54) is 24.9 Å². The van der Waals surface area contributed by atoms with Crippen LogP contribution in [-0.4, -0.2) is 37.5 Å². The molecule has 2 aliphatic heterocycles. The number of nitrogens with zero attached hydrogens (tertiary/aromatic N) is 2. The second-order valence-electron chi connectivity index (χ2n) is 8.15. The molecule has 2 N–H and O–H groups in total. The quantitative estimate of drug-likeness (QED) is 0.753. The largest absolute Gasteiger partial charge is 0.374 e. The Morgan fingerprint density at radius 3 is 2.37 bits per heavy atom. The van der Waals surface area contributed by atoms with Gasteiger partial charge in [-0.2, -0.15) is 0 Å². The van der Waals surface area contributed by atoms with Gasteiger partial charge in [0.1, 0.15) is 6.04 Å². The van der Waals surface area contributed by atoms with Crippen LogP contribution in [0, 0.1) is 0 Å². The van der Waals surface area contributed by atoms with Gasteiger partial charge in [-0.15, -0.1) is 0 Å². The first kappa shape index (κ1) is 20.3. The lowest BCUT2D eigenvalue weighted by atomic mass is 10.1. The van der Waals surface area contributed by atoms with Crippen LogP contribution in [0.3, 0.4) is 0 Å². The molecule has 2 aromatic carbocycles. The van der Waals surface area contributed by atoms with Gasteiger partial charge in [-0.3, -0.25) is 9.59 Å². The predicted molar refractivity (Wildman–Crippen MR) is 122 cm³/mol. The number of piperidine rings is 1. The molecule has 2 aromatic rings. The number of rotatable bonds is 6. The monoisotopic (exact) mass is 406 g/mol. The van der Waals surface area contributed by atoms with Crippen molar-refractivity contribution in [2.45, 2.75) is 45.1 Å². The molecule has 0 radical (unpaired) electrons. The van der Waals surface area contributed by atoms with Crippen molar-refractivity contribution in [3.05, 3.63) is 48.5 Å². The highest BCUT2D eigenvalue weighted by molar-refractivity contribution is 5.97. The van der Waals surface area contributed by atoms with Gasteiger partial charge in [0.15, 0.2) is 0 Å². The topological polar surface area (TPSA) is 64.7 Å². The molecule has 2 saturated heterocycles. The van der Waals surface area contributed by atoms with E-state index in [0.29, 0.717) is 6.42 Å². The first-order valence-electron chi connectivity index (χ1n) is 10.9. The van der Waals surface area contributed by atoms with Crippen LogP contribution in [-0.2, 0) is 9.59 Å². The van der Waals surface area contributed by atoms with Gasteiger partial charge in [0.05, 0.1) is 0 Å². The first-order valence-corrected chi connectivity index (χ1v) is 10.9. The summed E-state index contributed by atoms with van der Waals surface area (Å²) in [6, 6.07) is 15.4. The zero-order chi connectivity index (χ0) is 20.9. The van der Waals surface area contributed by atoms with E-state index in [4.69, 9.17) is 0 Å². The van der Waals surface area contributed by atoms with Crippen molar-refractivity contribution in [3.8, 4) is 0 Å². The number of carbonyl (C=O) groups is 2. The average Bonchev–Trinajstić information content (AvgIpc) is 3.21. The van der Waals surface area contributed by atoms with E-state index in [9.17, 15) is 9.59 Å². The van der Waals surface area contributed by atoms with E-state index in [2.05, 4.69) is 27.7 Å². The molecular weight excluding hydrogens is 376 g/mol. The van der Waals surface area contributed by atoms with Gasteiger partial charge in [-0.1, -0.05) is 6.07 Å². The van der Waals surface area contributed by atoms with Crippen LogP contribution in [0.25, 0.3) is 0 Å². The number of anilines is 4. The highest BCUT2D eigenvalue weighted by Gasteiger charge is 2.22. The predicted octanol–water partition coefficient (Wildman–Crippen LogP) is 4.24. The molecule has 2 aliphatic rings. The Bertz CT molecular complexity index is 890. The minimum absolute atomic E-state index is 0.0941. The van der Waals surface area contributed by atoms with E-state index < -0.39 is 6.04 Å². The Hall–Kier alpha value is -3.02. The Labute approximate surface area is 178 Å². The number of amides is 2. The molecule has 0 spiro atoms. The highest BCUT2D eigenvalue weighted by Crippen LogP contribution is 2.25. The van der Waals surface area contributed by atoms with Gasteiger partial charge in [0, 0.05) is 48.8 Å². The van der Waals surface area contributed by atoms with Gasteiger partial charge in [0.25, 0.3) is 0 Å². The van der Waals surface area contributed by atoms with Gasteiger partial charge in [-0.05, 0) is 75.1 Å². The summed E-state index contributed by atoms with van der Waals surface area (Å²) in [5.74, 6) is 0.0642. The lowest BCUT2D eigenvalue weighted by Crippen LogP contribution is -2.32. The van der Waals surface area contributed by atoms with Crippen LogP contribution in [0.4, 0.5) is 22.7 Å². The van der Waals surface area contributed by atoms with Crippen LogP contribution in [0.5, 0.6) is 0 Å². The molecule has 0 aliphatic carbocycles. The lowest BCUT2D eigenvalue weighted by molar-refractivity contribution is -0.117. The average molecular weight is 407 g/mol. The van der Waals surface area contributed by atoms with E-state index >= 15 is 0 Å². The SMILES string of the molecule is C[C@@H](Nc1cccc(N2CCCC2=O)c1)C(=O)Nc1ccc(N2CCCCC2)cc1. The maximum Gasteiger partial charge on any atom is 0.246 e. The van der Waals surface area contributed by atoms with Crippen molar-refractivity contribution < 1.29 is 9.59 Å². The second kappa shape index (κ2) is 9.20. The Morgan fingerprint density at radius 2 is 1.67 bits per heavy atom. The molecule has 158 valence electrons. The van der Waals surface area contributed by atoms with Crippen LogP contribution in [0.2, 0.25) is 0 Å². The molecule has 0 saturated carbocycles. The molecule has 2 amide bonds. The van der Waals surface area contributed by atoms with Crippen LogP contribution < -0.4 is 20.4 Å². The number of hydrogen-bond acceptors (Lipinski definition) is 4. The summed E-state index contributed by atoms with van der Waals surface area (Å²) in [6.07, 6.45) is 5.30. The number of benzene rings is 2. The van der Waals surface area contributed by atoms with Crippen LogP contribution >= 0.6 is 0 Å². The third-order valence-corrected chi connectivity index (χ3v) is 5.86. The van der Waals surface area contributed by atoms with E-state index in [1.807, 2.05) is 43.3 Å². The second-order valence-corrected chi connectivity index (χ2v) is 8.15.